The van der Waals surface area contributed by atoms with E-state index >= 15 is 0 Å². The molecule has 1 amide bonds. The second kappa shape index (κ2) is 14.8. The predicted octanol–water partition coefficient (Wildman–Crippen LogP) is 6.77. The number of alkyl carbamates (subject to hydrolysis) is 1. The fourth-order valence-electron chi connectivity index (χ4n) is 3.99. The second-order valence-electron chi connectivity index (χ2n) is 8.82. The Morgan fingerprint density at radius 2 is 1.68 bits per heavy atom. The zero-order valence-electron chi connectivity index (χ0n) is 23.1. The van der Waals surface area contributed by atoms with Gasteiger partial charge in [0.05, 0.1) is 38.5 Å². The summed E-state index contributed by atoms with van der Waals surface area (Å²) in [6.07, 6.45) is 0.620. The summed E-state index contributed by atoms with van der Waals surface area (Å²) in [5, 5.41) is 2.87. The summed E-state index contributed by atoms with van der Waals surface area (Å²) in [5.41, 5.74) is 2.97. The third kappa shape index (κ3) is 8.07. The van der Waals surface area contributed by atoms with Gasteiger partial charge in [0.15, 0.2) is 0 Å². The van der Waals surface area contributed by atoms with Gasteiger partial charge in [-0.15, -0.1) is 0 Å². The summed E-state index contributed by atoms with van der Waals surface area (Å²) in [6.45, 7) is 10.5. The van der Waals surface area contributed by atoms with Gasteiger partial charge in [0.1, 0.15) is 30.0 Å². The lowest BCUT2D eigenvalue weighted by atomic mass is 10.1. The van der Waals surface area contributed by atoms with E-state index in [9.17, 15) is 4.79 Å². The predicted molar refractivity (Wildman–Crippen MR) is 151 cm³/mol. The highest BCUT2D eigenvalue weighted by Gasteiger charge is 2.30. The minimum atomic E-state index is -0.443. The lowest BCUT2D eigenvalue weighted by Gasteiger charge is -2.41. The van der Waals surface area contributed by atoms with Gasteiger partial charge in [-0.05, 0) is 48.7 Å². The number of hydrogen-bond donors (Lipinski definition) is 1. The maximum Gasteiger partial charge on any atom is 0.407 e. The summed E-state index contributed by atoms with van der Waals surface area (Å²) in [7, 11) is 1.68. The van der Waals surface area contributed by atoms with Gasteiger partial charge in [-0.3, -0.25) is 0 Å². The number of nitrogens with one attached hydrogen (secondary N) is 1. The van der Waals surface area contributed by atoms with Crippen LogP contribution < -0.4 is 24.4 Å². The second-order valence-corrected chi connectivity index (χ2v) is 8.82. The van der Waals surface area contributed by atoms with Crippen molar-refractivity contribution < 1.29 is 23.7 Å². The molecule has 0 radical (unpaired) electrons. The number of methoxy groups -OCH3 is 1. The molecule has 0 aromatic heterocycles. The van der Waals surface area contributed by atoms with E-state index in [1.165, 1.54) is 0 Å². The van der Waals surface area contributed by atoms with E-state index in [0.717, 1.165) is 53.6 Å². The van der Waals surface area contributed by atoms with Crippen molar-refractivity contribution in [2.45, 2.75) is 52.9 Å². The number of ether oxygens (including phenoxy) is 4. The molecule has 3 aromatic carbocycles. The molecule has 0 bridgehead atoms. The van der Waals surface area contributed by atoms with E-state index < -0.39 is 6.09 Å². The number of benzene rings is 3. The quantitative estimate of drug-likeness (QED) is 0.301. The molecular weight excluding hydrogens is 480 g/mol. The van der Waals surface area contributed by atoms with Crippen LogP contribution >= 0.6 is 0 Å². The molecule has 0 spiro atoms. The van der Waals surface area contributed by atoms with E-state index in [4.69, 9.17) is 18.9 Å². The third-order valence-corrected chi connectivity index (χ3v) is 6.04. The number of nitrogens with zero attached hydrogens (tertiary/aromatic N) is 1. The first-order valence-electron chi connectivity index (χ1n) is 13.3. The van der Waals surface area contributed by atoms with E-state index in [1.54, 1.807) is 7.11 Å². The summed E-state index contributed by atoms with van der Waals surface area (Å²) in [6, 6.07) is 23.2. The van der Waals surface area contributed by atoms with E-state index in [-0.39, 0.29) is 18.8 Å². The SMILES string of the molecule is CC.CCCOc1ccc(N2CC(Oc3ccc(C(C)NC(=O)OCc4ccccc4)cc3)C2)c(OC)c1. The zero-order valence-corrected chi connectivity index (χ0v) is 23.1. The number of hydrogen-bond acceptors (Lipinski definition) is 6. The van der Waals surface area contributed by atoms with Crippen LogP contribution in [0.15, 0.2) is 72.8 Å². The van der Waals surface area contributed by atoms with Gasteiger partial charge < -0.3 is 29.2 Å². The summed E-state index contributed by atoms with van der Waals surface area (Å²) in [5.74, 6) is 2.42. The van der Waals surface area contributed by atoms with Gasteiger partial charge in [0, 0.05) is 6.07 Å². The summed E-state index contributed by atoms with van der Waals surface area (Å²) < 4.78 is 22.7. The Balaban J connectivity index is 0.00000195. The summed E-state index contributed by atoms with van der Waals surface area (Å²) >= 11 is 0. The fraction of sp³-hybridized carbons (Fsp3) is 0.387. The minimum Gasteiger partial charge on any atom is -0.494 e. The van der Waals surface area contributed by atoms with Crippen LogP contribution in [0.1, 0.15) is 51.3 Å². The van der Waals surface area contributed by atoms with Gasteiger partial charge in [-0.2, -0.15) is 0 Å². The zero-order chi connectivity index (χ0) is 27.3. The van der Waals surface area contributed by atoms with Crippen LogP contribution in [0.2, 0.25) is 0 Å². The lowest BCUT2D eigenvalue weighted by Crippen LogP contribution is -2.54. The standard InChI is InChI=1S/C29H34N2O5.C2H6/c1-4-16-34-25-14-15-27(28(17-25)33-3)31-18-26(19-31)36-24-12-10-23(11-13-24)21(2)30-29(32)35-20-22-8-6-5-7-9-22;1-2/h5-15,17,21,26H,4,16,18-20H2,1-3H3,(H,30,32);1-2H3. The van der Waals surface area contributed by atoms with Crippen molar-refractivity contribution in [3.05, 3.63) is 83.9 Å². The smallest absolute Gasteiger partial charge is 0.407 e. The highest BCUT2D eigenvalue weighted by atomic mass is 16.5. The first-order valence-corrected chi connectivity index (χ1v) is 13.3. The molecule has 1 saturated heterocycles. The molecule has 1 fully saturated rings. The average Bonchev–Trinajstić information content (AvgIpc) is 2.94. The first kappa shape index (κ1) is 28.7. The van der Waals surface area contributed by atoms with Crippen molar-refractivity contribution >= 4 is 11.8 Å². The maximum atomic E-state index is 12.1. The molecule has 1 aliphatic rings. The topological polar surface area (TPSA) is 69.3 Å². The number of anilines is 1. The van der Waals surface area contributed by atoms with E-state index in [1.807, 2.05) is 93.6 Å². The van der Waals surface area contributed by atoms with Crippen molar-refractivity contribution in [1.29, 1.82) is 0 Å². The Labute approximate surface area is 226 Å². The van der Waals surface area contributed by atoms with Crippen LogP contribution in [0.5, 0.6) is 17.2 Å². The van der Waals surface area contributed by atoms with Crippen LogP contribution in [-0.2, 0) is 11.3 Å². The molecule has 7 heteroatoms. The van der Waals surface area contributed by atoms with Gasteiger partial charge >= 0.3 is 6.09 Å². The Kier molecular flexibility index (Phi) is 11.1. The van der Waals surface area contributed by atoms with Crippen LogP contribution in [-0.4, -0.2) is 39.0 Å². The highest BCUT2D eigenvalue weighted by molar-refractivity contribution is 5.68. The van der Waals surface area contributed by atoms with Crippen LogP contribution in [0.4, 0.5) is 10.5 Å². The Morgan fingerprint density at radius 3 is 2.34 bits per heavy atom. The molecule has 1 heterocycles. The summed E-state index contributed by atoms with van der Waals surface area (Å²) in [4.78, 5) is 14.4. The molecule has 204 valence electrons. The van der Waals surface area contributed by atoms with Crippen LogP contribution in [0, 0.1) is 0 Å². The highest BCUT2D eigenvalue weighted by Crippen LogP contribution is 2.35. The molecule has 3 aromatic rings. The van der Waals surface area contributed by atoms with E-state index in [2.05, 4.69) is 17.1 Å². The molecular formula is C31H40N2O5. The van der Waals surface area contributed by atoms with Crippen molar-refractivity contribution in [2.75, 3.05) is 31.7 Å². The minimum absolute atomic E-state index is 0.0973. The lowest BCUT2D eigenvalue weighted by molar-refractivity contribution is 0.136. The molecule has 4 rings (SSSR count). The Morgan fingerprint density at radius 1 is 1.00 bits per heavy atom. The number of carbonyl (C=O) groups excluding carboxylic acids is 1. The van der Waals surface area contributed by atoms with Crippen molar-refractivity contribution in [3.63, 3.8) is 0 Å². The third-order valence-electron chi connectivity index (χ3n) is 6.04. The number of amides is 1. The Hall–Kier alpha value is -3.87. The molecule has 1 aliphatic heterocycles. The van der Waals surface area contributed by atoms with Crippen molar-refractivity contribution in [3.8, 4) is 17.2 Å². The fourth-order valence-corrected chi connectivity index (χ4v) is 3.99. The van der Waals surface area contributed by atoms with Gasteiger partial charge in [0.25, 0.3) is 0 Å². The molecule has 1 atom stereocenters. The number of rotatable bonds is 11. The van der Waals surface area contributed by atoms with E-state index in [0.29, 0.717) is 6.61 Å². The largest absolute Gasteiger partial charge is 0.494 e. The molecule has 0 aliphatic carbocycles. The van der Waals surface area contributed by atoms with Crippen molar-refractivity contribution in [2.24, 2.45) is 0 Å². The molecule has 7 nitrogen and oxygen atoms in total. The van der Waals surface area contributed by atoms with Crippen molar-refractivity contribution in [1.82, 2.24) is 5.32 Å². The number of carbonyl (C=O) groups is 1. The average molecular weight is 521 g/mol. The monoisotopic (exact) mass is 520 g/mol. The van der Waals surface area contributed by atoms with Gasteiger partial charge in [0.2, 0.25) is 0 Å². The molecule has 1 unspecified atom stereocenters. The molecule has 38 heavy (non-hydrogen) atoms. The molecule has 0 saturated carbocycles. The van der Waals surface area contributed by atoms with Gasteiger partial charge in [-0.1, -0.05) is 63.2 Å². The first-order chi connectivity index (χ1) is 18.6. The normalized spacial score (nSPS) is 13.3. The molecule has 1 N–H and O–H groups in total. The Bertz CT molecular complexity index is 1110. The van der Waals surface area contributed by atoms with Crippen LogP contribution in [0.25, 0.3) is 0 Å². The van der Waals surface area contributed by atoms with Gasteiger partial charge in [-0.25, -0.2) is 4.79 Å². The maximum absolute atomic E-state index is 12.1. The van der Waals surface area contributed by atoms with Crippen LogP contribution in [0.3, 0.4) is 0 Å².